The number of ether oxygens (including phenoxy) is 1. The molecule has 2 N–H and O–H groups in total. The normalized spacial score (nSPS) is 14.1. The van der Waals surface area contributed by atoms with Crippen molar-refractivity contribution in [2.45, 2.75) is 26.2 Å². The molecule has 0 saturated heterocycles. The van der Waals surface area contributed by atoms with E-state index in [4.69, 9.17) is 9.15 Å². The molecule has 4 rings (SSSR count). The molecule has 0 saturated carbocycles. The molecule has 3 aromatic rings. The van der Waals surface area contributed by atoms with Gasteiger partial charge in [-0.1, -0.05) is 0 Å². The van der Waals surface area contributed by atoms with Gasteiger partial charge in [-0.2, -0.15) is 0 Å². The quantitative estimate of drug-likeness (QED) is 0.742. The molecule has 1 aliphatic heterocycles. The minimum absolute atomic E-state index is 0.650. The van der Waals surface area contributed by atoms with Gasteiger partial charge in [0.15, 0.2) is 0 Å². The molecule has 1 aliphatic rings. The first-order valence-electron chi connectivity index (χ1n) is 7.72. The Morgan fingerprint density at radius 2 is 2.26 bits per heavy atom. The van der Waals surface area contributed by atoms with Crippen molar-refractivity contribution < 1.29 is 9.15 Å². The molecule has 1 aromatic carbocycles. The average molecular weight is 313 g/mol. The van der Waals surface area contributed by atoms with E-state index in [9.17, 15) is 0 Å². The van der Waals surface area contributed by atoms with Crippen LogP contribution in [-0.4, -0.2) is 28.4 Å². The molecule has 3 heterocycles. The van der Waals surface area contributed by atoms with Gasteiger partial charge < -0.3 is 24.4 Å². The van der Waals surface area contributed by atoms with Crippen molar-refractivity contribution in [3.05, 3.63) is 41.7 Å². The maximum absolute atomic E-state index is 5.83. The summed E-state index contributed by atoms with van der Waals surface area (Å²) in [5, 5.41) is 16.2. The fraction of sp³-hybridized carbons (Fsp3) is 0.375. The van der Waals surface area contributed by atoms with Gasteiger partial charge in [-0.05, 0) is 24.3 Å². The molecule has 0 spiro atoms. The predicted molar refractivity (Wildman–Crippen MR) is 85.0 cm³/mol. The number of nitrogens with one attached hydrogen (secondary N) is 2. The van der Waals surface area contributed by atoms with Gasteiger partial charge in [-0.15, -0.1) is 10.2 Å². The van der Waals surface area contributed by atoms with Crippen LogP contribution < -0.4 is 15.4 Å². The van der Waals surface area contributed by atoms with Gasteiger partial charge in [0.25, 0.3) is 0 Å². The molecule has 0 atom stereocenters. The van der Waals surface area contributed by atoms with E-state index in [2.05, 4.69) is 25.4 Å². The Hall–Kier alpha value is -2.38. The lowest BCUT2D eigenvalue weighted by Gasteiger charge is -2.15. The van der Waals surface area contributed by atoms with Gasteiger partial charge in [0.05, 0.1) is 26.7 Å². The van der Waals surface area contributed by atoms with Crippen molar-refractivity contribution in [3.8, 4) is 5.75 Å². The standard InChI is InChI=1S/C16H19N5O2/c1-22-12-2-3-14-11(6-12)7-13(23-14)8-18-10-16-20-19-15-9-17-4-5-21(15)16/h2-3,6-7,17-18H,4-5,8-10H2,1H3. The molecule has 23 heavy (non-hydrogen) atoms. The molecule has 0 radical (unpaired) electrons. The Balaban J connectivity index is 1.42. The van der Waals surface area contributed by atoms with E-state index >= 15 is 0 Å². The molecular formula is C16H19N5O2. The molecule has 0 aliphatic carbocycles. The zero-order valence-electron chi connectivity index (χ0n) is 13.0. The fourth-order valence-corrected chi connectivity index (χ4v) is 2.87. The zero-order valence-corrected chi connectivity index (χ0v) is 13.0. The number of rotatable bonds is 5. The number of aromatic nitrogens is 3. The van der Waals surface area contributed by atoms with E-state index in [0.717, 1.165) is 53.8 Å². The van der Waals surface area contributed by atoms with Crippen LogP contribution in [0.2, 0.25) is 0 Å². The van der Waals surface area contributed by atoms with Crippen LogP contribution in [0.25, 0.3) is 11.0 Å². The van der Waals surface area contributed by atoms with E-state index in [1.165, 1.54) is 0 Å². The van der Waals surface area contributed by atoms with Gasteiger partial charge in [0.1, 0.15) is 28.7 Å². The lowest BCUT2D eigenvalue weighted by atomic mass is 10.2. The highest BCUT2D eigenvalue weighted by molar-refractivity contribution is 5.79. The van der Waals surface area contributed by atoms with Crippen LogP contribution in [0.5, 0.6) is 5.75 Å². The van der Waals surface area contributed by atoms with Crippen LogP contribution in [0.1, 0.15) is 17.4 Å². The van der Waals surface area contributed by atoms with Crippen molar-refractivity contribution >= 4 is 11.0 Å². The first-order valence-corrected chi connectivity index (χ1v) is 7.72. The second kappa shape index (κ2) is 6.02. The summed E-state index contributed by atoms with van der Waals surface area (Å²) in [6.07, 6.45) is 0. The minimum atomic E-state index is 0.650. The van der Waals surface area contributed by atoms with Gasteiger partial charge in [-0.25, -0.2) is 0 Å². The summed E-state index contributed by atoms with van der Waals surface area (Å²) >= 11 is 0. The van der Waals surface area contributed by atoms with E-state index < -0.39 is 0 Å². The predicted octanol–water partition coefficient (Wildman–Crippen LogP) is 1.43. The second-order valence-corrected chi connectivity index (χ2v) is 5.58. The maximum atomic E-state index is 5.83. The summed E-state index contributed by atoms with van der Waals surface area (Å²) in [6, 6.07) is 7.84. The zero-order chi connectivity index (χ0) is 15.6. The van der Waals surface area contributed by atoms with Crippen LogP contribution in [0.4, 0.5) is 0 Å². The van der Waals surface area contributed by atoms with Crippen molar-refractivity contribution in [2.24, 2.45) is 0 Å². The molecule has 7 nitrogen and oxygen atoms in total. The van der Waals surface area contributed by atoms with Crippen molar-refractivity contribution in [1.82, 2.24) is 25.4 Å². The van der Waals surface area contributed by atoms with Crippen LogP contribution in [0, 0.1) is 0 Å². The summed E-state index contributed by atoms with van der Waals surface area (Å²) < 4.78 is 13.2. The first kappa shape index (κ1) is 14.2. The summed E-state index contributed by atoms with van der Waals surface area (Å²) in [4.78, 5) is 0. The van der Waals surface area contributed by atoms with E-state index in [1.54, 1.807) is 7.11 Å². The lowest BCUT2D eigenvalue weighted by molar-refractivity contribution is 0.415. The van der Waals surface area contributed by atoms with Crippen molar-refractivity contribution in [1.29, 1.82) is 0 Å². The molecule has 0 bridgehead atoms. The topological polar surface area (TPSA) is 77.1 Å². The van der Waals surface area contributed by atoms with Gasteiger partial charge in [-0.3, -0.25) is 0 Å². The third-order valence-electron chi connectivity index (χ3n) is 4.06. The van der Waals surface area contributed by atoms with Crippen LogP contribution >= 0.6 is 0 Å². The van der Waals surface area contributed by atoms with Crippen molar-refractivity contribution in [2.75, 3.05) is 13.7 Å². The Labute approximate surface area is 133 Å². The summed E-state index contributed by atoms with van der Waals surface area (Å²) in [7, 11) is 1.67. The molecule has 0 unspecified atom stereocenters. The van der Waals surface area contributed by atoms with Crippen LogP contribution in [0.15, 0.2) is 28.7 Å². The highest BCUT2D eigenvalue weighted by atomic mass is 16.5. The number of hydrogen-bond acceptors (Lipinski definition) is 6. The summed E-state index contributed by atoms with van der Waals surface area (Å²) in [5.74, 6) is 3.71. The molecule has 7 heteroatoms. The lowest BCUT2D eigenvalue weighted by Crippen LogP contribution is -2.30. The molecule has 2 aromatic heterocycles. The van der Waals surface area contributed by atoms with E-state index in [1.807, 2.05) is 24.3 Å². The molecule has 120 valence electrons. The molecule has 0 amide bonds. The number of nitrogens with zero attached hydrogens (tertiary/aromatic N) is 3. The SMILES string of the molecule is COc1ccc2oc(CNCc3nnc4n3CCNC4)cc2c1. The van der Waals surface area contributed by atoms with Gasteiger partial charge in [0, 0.05) is 18.5 Å². The Bertz CT molecular complexity index is 823. The van der Waals surface area contributed by atoms with Gasteiger partial charge in [0.2, 0.25) is 0 Å². The average Bonchev–Trinajstić information content (AvgIpc) is 3.18. The Morgan fingerprint density at radius 3 is 3.17 bits per heavy atom. The highest BCUT2D eigenvalue weighted by Gasteiger charge is 2.14. The number of methoxy groups -OCH3 is 1. The molecule has 0 fully saturated rings. The van der Waals surface area contributed by atoms with E-state index in [-0.39, 0.29) is 0 Å². The third-order valence-corrected chi connectivity index (χ3v) is 4.06. The van der Waals surface area contributed by atoms with Crippen LogP contribution in [-0.2, 0) is 26.2 Å². The monoisotopic (exact) mass is 313 g/mol. The summed E-state index contributed by atoms with van der Waals surface area (Å²) in [6.45, 7) is 4.00. The highest BCUT2D eigenvalue weighted by Crippen LogP contribution is 2.24. The fourth-order valence-electron chi connectivity index (χ4n) is 2.87. The van der Waals surface area contributed by atoms with Crippen LogP contribution in [0.3, 0.4) is 0 Å². The van der Waals surface area contributed by atoms with E-state index in [0.29, 0.717) is 13.1 Å². The number of benzene rings is 1. The Morgan fingerprint density at radius 1 is 1.30 bits per heavy atom. The maximum Gasteiger partial charge on any atom is 0.147 e. The van der Waals surface area contributed by atoms with Gasteiger partial charge >= 0.3 is 0 Å². The largest absolute Gasteiger partial charge is 0.497 e. The second-order valence-electron chi connectivity index (χ2n) is 5.58. The Kier molecular flexibility index (Phi) is 3.72. The number of fused-ring (bicyclic) bond motifs is 2. The van der Waals surface area contributed by atoms with Crippen molar-refractivity contribution in [3.63, 3.8) is 0 Å². The number of furan rings is 1. The first-order chi connectivity index (χ1) is 11.3. The number of hydrogen-bond donors (Lipinski definition) is 2. The smallest absolute Gasteiger partial charge is 0.147 e. The molecular weight excluding hydrogens is 294 g/mol. The summed E-state index contributed by atoms with van der Waals surface area (Å²) in [5.41, 5.74) is 0.869. The third kappa shape index (κ3) is 2.80. The minimum Gasteiger partial charge on any atom is -0.497 e.